The molecule has 4 rings (SSSR count). The summed E-state index contributed by atoms with van der Waals surface area (Å²) in [4.78, 5) is 1.30. The zero-order valence-corrected chi connectivity index (χ0v) is 16.3. The van der Waals surface area contributed by atoms with Gasteiger partial charge < -0.3 is 0 Å². The normalized spacial score (nSPS) is 17.1. The van der Waals surface area contributed by atoms with Crippen LogP contribution in [0.3, 0.4) is 0 Å². The molecule has 1 heterocycles. The zero-order chi connectivity index (χ0) is 18.6. The molecule has 0 atom stereocenters. The van der Waals surface area contributed by atoms with Crippen LogP contribution in [-0.2, 0) is 0 Å². The van der Waals surface area contributed by atoms with Crippen molar-refractivity contribution in [3.05, 3.63) is 114 Å². The number of allylic oxidation sites excluding steroid dienone is 4. The van der Waals surface area contributed by atoms with Crippen LogP contribution in [-0.4, -0.2) is 5.75 Å². The summed E-state index contributed by atoms with van der Waals surface area (Å²) < 4.78 is 0. The second kappa shape index (κ2) is 7.85. The Kier molecular flexibility index (Phi) is 5.13. The standard InChI is InChI=1S/C26H22S/c1-19-14-16-21(17-15-19)23-11-6-8-20(2)24-12-7-13-25(26(24)27-18-23)22-9-4-3-5-10-22/h3-17H,2,18H2,1H3/b8-6-,23-11+. The van der Waals surface area contributed by atoms with Crippen molar-refractivity contribution < 1.29 is 0 Å². The molecule has 0 nitrogen and oxygen atoms in total. The summed E-state index contributed by atoms with van der Waals surface area (Å²) in [6.45, 7) is 6.44. The molecule has 27 heavy (non-hydrogen) atoms. The first-order chi connectivity index (χ1) is 13.2. The molecular weight excluding hydrogens is 344 g/mol. The van der Waals surface area contributed by atoms with E-state index in [9.17, 15) is 0 Å². The second-order valence-electron chi connectivity index (χ2n) is 6.78. The fourth-order valence-electron chi connectivity index (χ4n) is 3.31. The molecule has 0 amide bonds. The van der Waals surface area contributed by atoms with Crippen LogP contribution in [0.2, 0.25) is 0 Å². The fourth-order valence-corrected chi connectivity index (χ4v) is 4.56. The summed E-state index contributed by atoms with van der Waals surface area (Å²) in [6.07, 6.45) is 6.47. The van der Waals surface area contributed by atoms with Gasteiger partial charge in [-0.15, -0.1) is 11.8 Å². The fraction of sp³-hybridized carbons (Fsp3) is 0.0769. The molecule has 0 aliphatic carbocycles. The highest BCUT2D eigenvalue weighted by molar-refractivity contribution is 8.00. The highest BCUT2D eigenvalue weighted by atomic mass is 32.2. The van der Waals surface area contributed by atoms with Crippen LogP contribution in [0.5, 0.6) is 0 Å². The van der Waals surface area contributed by atoms with Gasteiger partial charge in [0.15, 0.2) is 0 Å². The van der Waals surface area contributed by atoms with Gasteiger partial charge in [0, 0.05) is 10.6 Å². The Labute approximate surface area is 166 Å². The van der Waals surface area contributed by atoms with Gasteiger partial charge in [0.1, 0.15) is 0 Å². The number of benzene rings is 3. The van der Waals surface area contributed by atoms with E-state index in [2.05, 4.69) is 105 Å². The lowest BCUT2D eigenvalue weighted by Crippen LogP contribution is -1.93. The van der Waals surface area contributed by atoms with Crippen molar-refractivity contribution >= 4 is 22.9 Å². The van der Waals surface area contributed by atoms with Crippen molar-refractivity contribution in [2.75, 3.05) is 5.75 Å². The number of rotatable bonds is 2. The summed E-state index contributed by atoms with van der Waals surface area (Å²) in [5.74, 6) is 0.928. The van der Waals surface area contributed by atoms with E-state index in [1.54, 1.807) is 0 Å². The summed E-state index contributed by atoms with van der Waals surface area (Å²) in [6, 6.07) is 25.9. The average Bonchev–Trinajstić information content (AvgIpc) is 2.79. The highest BCUT2D eigenvalue weighted by Gasteiger charge is 2.14. The van der Waals surface area contributed by atoms with E-state index in [1.807, 2.05) is 11.8 Å². The maximum atomic E-state index is 4.31. The lowest BCUT2D eigenvalue weighted by atomic mass is 9.99. The summed E-state index contributed by atoms with van der Waals surface area (Å²) in [5, 5.41) is 0. The van der Waals surface area contributed by atoms with Crippen molar-refractivity contribution in [2.45, 2.75) is 11.8 Å². The Bertz CT molecular complexity index is 1020. The van der Waals surface area contributed by atoms with E-state index in [0.717, 1.165) is 11.3 Å². The zero-order valence-electron chi connectivity index (χ0n) is 15.5. The molecule has 1 heteroatoms. The summed E-state index contributed by atoms with van der Waals surface area (Å²) >= 11 is 1.90. The second-order valence-corrected chi connectivity index (χ2v) is 7.76. The van der Waals surface area contributed by atoms with Crippen LogP contribution >= 0.6 is 11.8 Å². The van der Waals surface area contributed by atoms with Crippen LogP contribution in [0.1, 0.15) is 16.7 Å². The molecule has 3 aromatic rings. The highest BCUT2D eigenvalue weighted by Crippen LogP contribution is 2.39. The molecule has 1 aliphatic rings. The molecule has 0 radical (unpaired) electrons. The van der Waals surface area contributed by atoms with Crippen molar-refractivity contribution in [3.63, 3.8) is 0 Å². The number of thioether (sulfide) groups is 1. The third kappa shape index (κ3) is 3.84. The van der Waals surface area contributed by atoms with Crippen LogP contribution in [0.25, 0.3) is 22.3 Å². The number of hydrogen-bond donors (Lipinski definition) is 0. The first-order valence-electron chi connectivity index (χ1n) is 9.17. The maximum Gasteiger partial charge on any atom is 0.0238 e. The van der Waals surface area contributed by atoms with Gasteiger partial charge in [-0.1, -0.05) is 103 Å². The molecule has 0 unspecified atom stereocenters. The SMILES string of the molecule is C=C1/C=C\C=C(\c2ccc(C)cc2)CSc2c1cccc2-c1ccccc1. The third-order valence-electron chi connectivity index (χ3n) is 4.83. The number of aryl methyl sites for hydroxylation is 1. The molecule has 0 saturated heterocycles. The van der Waals surface area contributed by atoms with Gasteiger partial charge in [0.2, 0.25) is 0 Å². The van der Waals surface area contributed by atoms with Gasteiger partial charge in [0.25, 0.3) is 0 Å². The lowest BCUT2D eigenvalue weighted by Gasteiger charge is -2.15. The molecule has 0 N–H and O–H groups in total. The quantitative estimate of drug-likeness (QED) is 0.455. The minimum atomic E-state index is 0.928. The van der Waals surface area contributed by atoms with E-state index in [-0.39, 0.29) is 0 Å². The number of hydrogen-bond acceptors (Lipinski definition) is 1. The number of fused-ring (bicyclic) bond motifs is 1. The van der Waals surface area contributed by atoms with E-state index < -0.39 is 0 Å². The summed E-state index contributed by atoms with van der Waals surface area (Å²) in [5.41, 5.74) is 8.70. The topological polar surface area (TPSA) is 0 Å². The van der Waals surface area contributed by atoms with Gasteiger partial charge in [-0.05, 0) is 40.3 Å². The minimum absolute atomic E-state index is 0.928. The molecule has 0 aromatic heterocycles. The van der Waals surface area contributed by atoms with E-state index in [1.165, 1.54) is 38.3 Å². The van der Waals surface area contributed by atoms with Gasteiger partial charge in [-0.25, -0.2) is 0 Å². The monoisotopic (exact) mass is 366 g/mol. The van der Waals surface area contributed by atoms with Crippen LogP contribution in [0, 0.1) is 6.92 Å². The maximum absolute atomic E-state index is 4.31. The molecule has 132 valence electrons. The van der Waals surface area contributed by atoms with E-state index in [0.29, 0.717) is 0 Å². The van der Waals surface area contributed by atoms with Crippen molar-refractivity contribution in [1.29, 1.82) is 0 Å². The predicted octanol–water partition coefficient (Wildman–Crippen LogP) is 7.42. The van der Waals surface area contributed by atoms with Crippen LogP contribution in [0.4, 0.5) is 0 Å². The van der Waals surface area contributed by atoms with Gasteiger partial charge >= 0.3 is 0 Å². The first kappa shape index (κ1) is 17.6. The van der Waals surface area contributed by atoms with Crippen LogP contribution < -0.4 is 0 Å². The largest absolute Gasteiger partial charge is 0.120 e. The van der Waals surface area contributed by atoms with Gasteiger partial charge in [0.05, 0.1) is 0 Å². The minimum Gasteiger partial charge on any atom is -0.120 e. The van der Waals surface area contributed by atoms with Crippen molar-refractivity contribution in [1.82, 2.24) is 0 Å². The predicted molar refractivity (Wildman–Crippen MR) is 120 cm³/mol. The Morgan fingerprint density at radius 1 is 0.778 bits per heavy atom. The molecule has 1 aliphatic heterocycles. The van der Waals surface area contributed by atoms with Crippen molar-refractivity contribution in [3.8, 4) is 11.1 Å². The summed E-state index contributed by atoms with van der Waals surface area (Å²) in [7, 11) is 0. The average molecular weight is 367 g/mol. The first-order valence-corrected chi connectivity index (χ1v) is 10.2. The third-order valence-corrected chi connectivity index (χ3v) is 6.02. The molecule has 0 fully saturated rings. The Morgan fingerprint density at radius 2 is 1.52 bits per heavy atom. The van der Waals surface area contributed by atoms with E-state index >= 15 is 0 Å². The van der Waals surface area contributed by atoms with Gasteiger partial charge in [-0.3, -0.25) is 0 Å². The lowest BCUT2D eigenvalue weighted by molar-refractivity contribution is 1.39. The molecule has 3 aromatic carbocycles. The van der Waals surface area contributed by atoms with Crippen molar-refractivity contribution in [2.24, 2.45) is 0 Å². The van der Waals surface area contributed by atoms with Gasteiger partial charge in [-0.2, -0.15) is 0 Å². The Morgan fingerprint density at radius 3 is 2.30 bits per heavy atom. The molecule has 0 spiro atoms. The Hall–Kier alpha value is -2.77. The Balaban J connectivity index is 1.78. The molecular formula is C26H22S. The smallest absolute Gasteiger partial charge is 0.0238 e. The van der Waals surface area contributed by atoms with Crippen LogP contribution in [0.15, 0.2) is 102 Å². The molecule has 0 saturated carbocycles. The van der Waals surface area contributed by atoms with E-state index in [4.69, 9.17) is 0 Å². The molecule has 0 bridgehead atoms.